The summed E-state index contributed by atoms with van der Waals surface area (Å²) in [4.78, 5) is 23.3. The van der Waals surface area contributed by atoms with Crippen LogP contribution in [0.5, 0.6) is 0 Å². The van der Waals surface area contributed by atoms with Crippen molar-refractivity contribution >= 4 is 12.0 Å². The van der Waals surface area contributed by atoms with E-state index in [1.54, 1.807) is 12.1 Å². The number of carboxylic acid groups (broad SMARTS) is 1. The molecule has 3 rings (SSSR count). The van der Waals surface area contributed by atoms with E-state index in [1.807, 2.05) is 30.3 Å². The number of aromatic carboxylic acids is 1. The van der Waals surface area contributed by atoms with Crippen molar-refractivity contribution in [2.24, 2.45) is 5.92 Å². The highest BCUT2D eigenvalue weighted by Crippen LogP contribution is 2.26. The fraction of sp³-hybridized carbons (Fsp3) is 0.333. The van der Waals surface area contributed by atoms with E-state index < -0.39 is 5.97 Å². The molecule has 2 atom stereocenters. The molecular weight excluding hydrogens is 344 g/mol. The van der Waals surface area contributed by atoms with Crippen molar-refractivity contribution < 1.29 is 19.4 Å². The topological polar surface area (TPSA) is 87.7 Å². The molecule has 1 saturated heterocycles. The van der Waals surface area contributed by atoms with Crippen LogP contribution in [-0.4, -0.2) is 30.3 Å². The van der Waals surface area contributed by atoms with Crippen molar-refractivity contribution in [1.29, 1.82) is 0 Å². The summed E-state index contributed by atoms with van der Waals surface area (Å²) < 4.78 is 5.46. The Bertz CT molecular complexity index is 756. The summed E-state index contributed by atoms with van der Waals surface area (Å²) in [5.41, 5.74) is 2.15. The van der Waals surface area contributed by atoms with E-state index >= 15 is 0 Å². The number of amides is 2. The molecule has 1 heterocycles. The molecule has 0 bridgehead atoms. The zero-order chi connectivity index (χ0) is 19.1. The highest BCUT2D eigenvalue weighted by Gasteiger charge is 2.23. The van der Waals surface area contributed by atoms with Gasteiger partial charge in [-0.05, 0) is 42.0 Å². The van der Waals surface area contributed by atoms with Crippen molar-refractivity contribution in [2.45, 2.75) is 25.4 Å². The number of carbonyl (C=O) groups excluding carboxylic acids is 1. The number of carboxylic acids is 1. The average Bonchev–Trinajstić information content (AvgIpc) is 3.20. The minimum atomic E-state index is -0.964. The number of ether oxygens (including phenoxy) is 1. The van der Waals surface area contributed by atoms with Crippen LogP contribution in [0, 0.1) is 5.92 Å². The minimum Gasteiger partial charge on any atom is -0.478 e. The fourth-order valence-corrected chi connectivity index (χ4v) is 3.22. The van der Waals surface area contributed by atoms with Crippen LogP contribution in [0.1, 0.15) is 40.4 Å². The number of rotatable bonds is 7. The van der Waals surface area contributed by atoms with Gasteiger partial charge in [-0.2, -0.15) is 0 Å². The Labute approximate surface area is 158 Å². The molecule has 6 nitrogen and oxygen atoms in total. The summed E-state index contributed by atoms with van der Waals surface area (Å²) in [6.07, 6.45) is 1.85. The molecule has 142 valence electrons. The summed E-state index contributed by atoms with van der Waals surface area (Å²) in [6.45, 7) is 1.85. The van der Waals surface area contributed by atoms with Gasteiger partial charge in [0, 0.05) is 19.8 Å². The molecule has 27 heavy (non-hydrogen) atoms. The largest absolute Gasteiger partial charge is 0.478 e. The minimum absolute atomic E-state index is 0.0766. The van der Waals surface area contributed by atoms with Gasteiger partial charge in [-0.1, -0.05) is 42.5 Å². The molecule has 6 heteroatoms. The third kappa shape index (κ3) is 5.56. The maximum Gasteiger partial charge on any atom is 0.335 e. The predicted octanol–water partition coefficient (Wildman–Crippen LogP) is 3.35. The smallest absolute Gasteiger partial charge is 0.335 e. The predicted molar refractivity (Wildman–Crippen MR) is 101 cm³/mol. The van der Waals surface area contributed by atoms with Crippen molar-refractivity contribution in [3.8, 4) is 0 Å². The summed E-state index contributed by atoms with van der Waals surface area (Å²) in [5.74, 6) is -0.520. The molecule has 0 aromatic heterocycles. The third-order valence-electron chi connectivity index (χ3n) is 4.75. The molecule has 2 unspecified atom stereocenters. The van der Waals surface area contributed by atoms with E-state index in [4.69, 9.17) is 9.84 Å². The number of benzene rings is 2. The first-order valence-corrected chi connectivity index (χ1v) is 9.11. The van der Waals surface area contributed by atoms with Crippen molar-refractivity contribution in [3.63, 3.8) is 0 Å². The quantitative estimate of drug-likeness (QED) is 0.699. The molecule has 2 amide bonds. The van der Waals surface area contributed by atoms with Crippen LogP contribution >= 0.6 is 0 Å². The summed E-state index contributed by atoms with van der Waals surface area (Å²) in [5, 5.41) is 14.8. The number of hydrogen-bond donors (Lipinski definition) is 3. The van der Waals surface area contributed by atoms with Gasteiger partial charge in [-0.15, -0.1) is 0 Å². The second-order valence-corrected chi connectivity index (χ2v) is 6.76. The lowest BCUT2D eigenvalue weighted by Crippen LogP contribution is -2.38. The Hall–Kier alpha value is -2.86. The van der Waals surface area contributed by atoms with Crippen LogP contribution in [0.25, 0.3) is 0 Å². The van der Waals surface area contributed by atoms with Crippen molar-refractivity contribution in [2.75, 3.05) is 13.2 Å². The van der Waals surface area contributed by atoms with Gasteiger partial charge in [0.05, 0.1) is 11.6 Å². The van der Waals surface area contributed by atoms with Gasteiger partial charge < -0.3 is 20.5 Å². The van der Waals surface area contributed by atoms with Crippen molar-refractivity contribution in [3.05, 3.63) is 71.3 Å². The highest BCUT2D eigenvalue weighted by atomic mass is 16.5. The van der Waals surface area contributed by atoms with E-state index in [-0.39, 0.29) is 17.6 Å². The van der Waals surface area contributed by atoms with E-state index in [0.29, 0.717) is 12.5 Å². The molecule has 0 saturated carbocycles. The summed E-state index contributed by atoms with van der Waals surface area (Å²) in [6, 6.07) is 16.1. The van der Waals surface area contributed by atoms with Crippen LogP contribution in [0.3, 0.4) is 0 Å². The van der Waals surface area contributed by atoms with E-state index in [1.165, 1.54) is 12.1 Å². The van der Waals surface area contributed by atoms with Gasteiger partial charge in [0.25, 0.3) is 0 Å². The first kappa shape index (κ1) is 18.9. The maximum atomic E-state index is 12.4. The zero-order valence-corrected chi connectivity index (χ0v) is 15.1. The zero-order valence-electron chi connectivity index (χ0n) is 15.1. The van der Waals surface area contributed by atoms with Gasteiger partial charge in [-0.3, -0.25) is 0 Å². The Morgan fingerprint density at radius 1 is 1.11 bits per heavy atom. The monoisotopic (exact) mass is 368 g/mol. The maximum absolute atomic E-state index is 12.4. The van der Waals surface area contributed by atoms with Gasteiger partial charge in [0.1, 0.15) is 0 Å². The molecule has 0 radical (unpaired) electrons. The summed E-state index contributed by atoms with van der Waals surface area (Å²) >= 11 is 0. The molecule has 1 aliphatic heterocycles. The van der Waals surface area contributed by atoms with Gasteiger partial charge >= 0.3 is 12.0 Å². The molecular formula is C21H24N2O4. The number of carbonyl (C=O) groups is 2. The van der Waals surface area contributed by atoms with Gasteiger partial charge in [-0.25, -0.2) is 9.59 Å². The average molecular weight is 368 g/mol. The molecule has 3 N–H and O–H groups in total. The third-order valence-corrected chi connectivity index (χ3v) is 4.75. The Morgan fingerprint density at radius 3 is 2.48 bits per heavy atom. The van der Waals surface area contributed by atoms with E-state index in [0.717, 1.165) is 37.2 Å². The van der Waals surface area contributed by atoms with Crippen LogP contribution in [-0.2, 0) is 11.3 Å². The van der Waals surface area contributed by atoms with Gasteiger partial charge in [0.15, 0.2) is 0 Å². The molecule has 2 aromatic rings. The molecule has 0 spiro atoms. The van der Waals surface area contributed by atoms with Crippen LogP contribution < -0.4 is 10.6 Å². The molecule has 1 aliphatic rings. The molecule has 1 fully saturated rings. The Kier molecular flexibility index (Phi) is 6.44. The first-order valence-electron chi connectivity index (χ1n) is 9.11. The standard InChI is InChI=1S/C21H24N2O4/c24-20(25)18-8-6-15(7-9-18)13-22-21(26)23-19(12-16-10-11-27-14-16)17-4-2-1-3-5-17/h1-9,16,19H,10-14H2,(H,24,25)(H2,22,23,26). The number of urea groups is 1. The molecule has 0 aliphatic carbocycles. The first-order chi connectivity index (χ1) is 13.1. The van der Waals surface area contributed by atoms with E-state index in [9.17, 15) is 9.59 Å². The SMILES string of the molecule is O=C(NCc1ccc(C(=O)O)cc1)NC(CC1CCOC1)c1ccccc1. The molecule has 2 aromatic carbocycles. The lowest BCUT2D eigenvalue weighted by atomic mass is 9.94. The normalized spacial score (nSPS) is 17.3. The lowest BCUT2D eigenvalue weighted by molar-refractivity contribution is 0.0697. The van der Waals surface area contributed by atoms with Crippen molar-refractivity contribution in [1.82, 2.24) is 10.6 Å². The Balaban J connectivity index is 1.57. The van der Waals surface area contributed by atoms with Crippen LogP contribution in [0.4, 0.5) is 4.79 Å². The van der Waals surface area contributed by atoms with E-state index in [2.05, 4.69) is 10.6 Å². The number of nitrogens with one attached hydrogen (secondary N) is 2. The second kappa shape index (κ2) is 9.19. The van der Waals surface area contributed by atoms with Gasteiger partial charge in [0.2, 0.25) is 0 Å². The lowest BCUT2D eigenvalue weighted by Gasteiger charge is -2.22. The highest BCUT2D eigenvalue weighted by molar-refractivity contribution is 5.87. The van der Waals surface area contributed by atoms with Crippen LogP contribution in [0.2, 0.25) is 0 Å². The number of hydrogen-bond acceptors (Lipinski definition) is 3. The summed E-state index contributed by atoms with van der Waals surface area (Å²) in [7, 11) is 0. The fourth-order valence-electron chi connectivity index (χ4n) is 3.22. The van der Waals surface area contributed by atoms with Crippen LogP contribution in [0.15, 0.2) is 54.6 Å². The Morgan fingerprint density at radius 2 is 1.85 bits per heavy atom. The second-order valence-electron chi connectivity index (χ2n) is 6.76.